The van der Waals surface area contributed by atoms with E-state index in [0.29, 0.717) is 24.2 Å². The number of nitrogen functional groups attached to an aromatic ring is 1. The van der Waals surface area contributed by atoms with Gasteiger partial charge < -0.3 is 20.4 Å². The summed E-state index contributed by atoms with van der Waals surface area (Å²) in [5.41, 5.74) is 5.41. The fourth-order valence-corrected chi connectivity index (χ4v) is 4.98. The molecule has 2 aliphatic rings. The highest BCUT2D eigenvalue weighted by Gasteiger charge is 2.48. The Morgan fingerprint density at radius 2 is 1.90 bits per heavy atom. The molecule has 2 fully saturated rings. The van der Waals surface area contributed by atoms with E-state index in [0.717, 1.165) is 11.6 Å². The molecular weight excluding hydrogens is 523 g/mol. The highest BCUT2D eigenvalue weighted by molar-refractivity contribution is 5.86. The zero-order chi connectivity index (χ0) is 27.9. The lowest BCUT2D eigenvalue weighted by Gasteiger charge is -2.32. The molecule has 1 aromatic carbocycles. The number of pyridine rings is 1. The molecule has 2 amide bonds. The van der Waals surface area contributed by atoms with Crippen LogP contribution >= 0.6 is 0 Å². The number of piperidine rings is 1. The second kappa shape index (κ2) is 10.1. The summed E-state index contributed by atoms with van der Waals surface area (Å²) in [6, 6.07) is 7.40. The molecule has 208 valence electrons. The predicted octanol–water partition coefficient (Wildman–Crippen LogP) is 5.04. The van der Waals surface area contributed by atoms with E-state index in [9.17, 15) is 31.5 Å². The minimum atomic E-state index is -4.70. The third kappa shape index (κ3) is 6.15. The number of benzene rings is 1. The SMILES string of the molecule is Nc1ccc(CCC(=O)NCc2cc3cc(C4CC4C(=O)N4CCC(F)(F)CC4)cc(C(F)(F)F)c3o2)cn1. The first-order valence-corrected chi connectivity index (χ1v) is 12.7. The van der Waals surface area contributed by atoms with Crippen LogP contribution in [-0.2, 0) is 28.7 Å². The molecule has 3 aromatic rings. The Morgan fingerprint density at radius 1 is 1.15 bits per heavy atom. The van der Waals surface area contributed by atoms with Crippen molar-refractivity contribution in [3.05, 3.63) is 59.0 Å². The first-order chi connectivity index (χ1) is 18.4. The number of hydrogen-bond acceptors (Lipinski definition) is 5. The molecule has 0 spiro atoms. The van der Waals surface area contributed by atoms with Gasteiger partial charge in [-0.15, -0.1) is 0 Å². The molecule has 1 aliphatic carbocycles. The number of furan rings is 1. The number of carbonyl (C=O) groups is 2. The zero-order valence-corrected chi connectivity index (χ0v) is 20.9. The van der Waals surface area contributed by atoms with Crippen molar-refractivity contribution in [2.45, 2.75) is 56.7 Å². The predicted molar refractivity (Wildman–Crippen MR) is 132 cm³/mol. The van der Waals surface area contributed by atoms with Gasteiger partial charge in [-0.3, -0.25) is 9.59 Å². The fraction of sp³-hybridized carbons (Fsp3) is 0.444. The maximum absolute atomic E-state index is 13.9. The maximum Gasteiger partial charge on any atom is 0.420 e. The Bertz CT molecular complexity index is 1380. The molecule has 2 unspecified atom stereocenters. The summed E-state index contributed by atoms with van der Waals surface area (Å²) in [4.78, 5) is 30.4. The number of alkyl halides is 5. The lowest BCUT2D eigenvalue weighted by Crippen LogP contribution is -2.43. The number of hydrogen-bond donors (Lipinski definition) is 2. The number of aromatic nitrogens is 1. The molecule has 1 saturated heterocycles. The van der Waals surface area contributed by atoms with Crippen molar-refractivity contribution in [1.82, 2.24) is 15.2 Å². The molecule has 39 heavy (non-hydrogen) atoms. The van der Waals surface area contributed by atoms with Crippen LogP contribution in [0.3, 0.4) is 0 Å². The van der Waals surface area contributed by atoms with Crippen LogP contribution in [-0.4, -0.2) is 40.7 Å². The van der Waals surface area contributed by atoms with E-state index < -0.39 is 42.3 Å². The number of rotatable bonds is 7. The van der Waals surface area contributed by atoms with Crippen LogP contribution in [0, 0.1) is 5.92 Å². The molecule has 0 radical (unpaired) electrons. The summed E-state index contributed by atoms with van der Waals surface area (Å²) in [7, 11) is 0. The molecule has 7 nitrogen and oxygen atoms in total. The van der Waals surface area contributed by atoms with Crippen LogP contribution in [0.15, 0.2) is 40.9 Å². The molecule has 0 bridgehead atoms. The average molecular weight is 551 g/mol. The van der Waals surface area contributed by atoms with E-state index in [-0.39, 0.29) is 54.6 Å². The van der Waals surface area contributed by atoms with Gasteiger partial charge in [-0.1, -0.05) is 6.07 Å². The number of nitrogens with zero attached hydrogens (tertiary/aromatic N) is 2. The number of anilines is 1. The lowest BCUT2D eigenvalue weighted by atomic mass is 10.0. The molecule has 3 N–H and O–H groups in total. The van der Waals surface area contributed by atoms with Crippen molar-refractivity contribution in [3.63, 3.8) is 0 Å². The van der Waals surface area contributed by atoms with Crippen LogP contribution in [0.25, 0.3) is 11.0 Å². The first-order valence-electron chi connectivity index (χ1n) is 12.7. The second-order valence-electron chi connectivity index (χ2n) is 10.2. The Morgan fingerprint density at radius 3 is 2.56 bits per heavy atom. The molecule has 1 aliphatic heterocycles. The second-order valence-corrected chi connectivity index (χ2v) is 10.2. The number of halogens is 5. The quantitative estimate of drug-likeness (QED) is 0.402. The fourth-order valence-electron chi connectivity index (χ4n) is 4.98. The summed E-state index contributed by atoms with van der Waals surface area (Å²) in [6.45, 7) is -0.213. The molecule has 3 heterocycles. The van der Waals surface area contributed by atoms with Crippen molar-refractivity contribution in [1.29, 1.82) is 0 Å². The number of nitrogens with one attached hydrogen (secondary N) is 1. The van der Waals surface area contributed by atoms with E-state index in [4.69, 9.17) is 10.2 Å². The van der Waals surface area contributed by atoms with E-state index in [2.05, 4.69) is 10.3 Å². The summed E-state index contributed by atoms with van der Waals surface area (Å²) in [5, 5.41) is 2.87. The van der Waals surface area contributed by atoms with Crippen LogP contribution in [0.5, 0.6) is 0 Å². The molecule has 2 atom stereocenters. The topological polar surface area (TPSA) is 101 Å². The number of likely N-dealkylation sites (tertiary alicyclic amines) is 1. The van der Waals surface area contributed by atoms with Crippen LogP contribution in [0.4, 0.5) is 27.8 Å². The van der Waals surface area contributed by atoms with Crippen molar-refractivity contribution >= 4 is 28.6 Å². The van der Waals surface area contributed by atoms with Gasteiger partial charge in [0.2, 0.25) is 11.8 Å². The maximum atomic E-state index is 13.9. The number of carbonyl (C=O) groups excluding carboxylic acids is 2. The first kappa shape index (κ1) is 26.9. The summed E-state index contributed by atoms with van der Waals surface area (Å²) in [6.07, 6.45) is -3.02. The van der Waals surface area contributed by atoms with E-state index in [1.165, 1.54) is 11.0 Å². The molecule has 1 saturated carbocycles. The zero-order valence-electron chi connectivity index (χ0n) is 20.9. The number of fused-ring (bicyclic) bond motifs is 1. The van der Waals surface area contributed by atoms with Gasteiger partial charge in [0.1, 0.15) is 17.2 Å². The minimum absolute atomic E-state index is 0.0600. The summed E-state index contributed by atoms with van der Waals surface area (Å²) in [5.74, 6) is -3.82. The number of nitrogens with two attached hydrogens (primary N) is 1. The van der Waals surface area contributed by atoms with Crippen molar-refractivity contribution < 1.29 is 36.0 Å². The molecule has 2 aromatic heterocycles. The number of amides is 2. The van der Waals surface area contributed by atoms with Gasteiger partial charge in [-0.05, 0) is 54.2 Å². The third-order valence-electron chi connectivity index (χ3n) is 7.29. The van der Waals surface area contributed by atoms with E-state index in [1.807, 2.05) is 0 Å². The smallest absolute Gasteiger partial charge is 0.420 e. The lowest BCUT2D eigenvalue weighted by molar-refractivity contribution is -0.138. The largest absolute Gasteiger partial charge is 0.459 e. The molecular formula is C27H27F5N4O3. The van der Waals surface area contributed by atoms with Crippen LogP contribution in [0.2, 0.25) is 0 Å². The van der Waals surface area contributed by atoms with E-state index >= 15 is 0 Å². The average Bonchev–Trinajstić information content (AvgIpc) is 3.57. The normalized spacial score (nSPS) is 20.7. The summed E-state index contributed by atoms with van der Waals surface area (Å²) >= 11 is 0. The van der Waals surface area contributed by atoms with Crippen molar-refractivity contribution in [2.75, 3.05) is 18.8 Å². The Hall–Kier alpha value is -3.70. The minimum Gasteiger partial charge on any atom is -0.459 e. The van der Waals surface area contributed by atoms with Gasteiger partial charge in [0.25, 0.3) is 5.92 Å². The van der Waals surface area contributed by atoms with Crippen LogP contribution < -0.4 is 11.1 Å². The number of aryl methyl sites for hydroxylation is 1. The van der Waals surface area contributed by atoms with Gasteiger partial charge in [0, 0.05) is 49.9 Å². The van der Waals surface area contributed by atoms with Crippen LogP contribution in [0.1, 0.15) is 54.1 Å². The van der Waals surface area contributed by atoms with Gasteiger partial charge in [-0.2, -0.15) is 13.2 Å². The molecule has 12 heteroatoms. The van der Waals surface area contributed by atoms with Crippen molar-refractivity contribution in [3.8, 4) is 0 Å². The van der Waals surface area contributed by atoms with Crippen molar-refractivity contribution in [2.24, 2.45) is 5.92 Å². The Kier molecular flexibility index (Phi) is 6.98. The van der Waals surface area contributed by atoms with Gasteiger partial charge in [-0.25, -0.2) is 13.8 Å². The molecule has 5 rings (SSSR count). The van der Waals surface area contributed by atoms with Gasteiger partial charge in [0.05, 0.1) is 12.1 Å². The van der Waals surface area contributed by atoms with Gasteiger partial charge in [0.15, 0.2) is 0 Å². The highest BCUT2D eigenvalue weighted by Crippen LogP contribution is 2.51. The summed E-state index contributed by atoms with van der Waals surface area (Å²) < 4.78 is 74.1. The standard InChI is InChI=1S/C27H27F5N4O3/c28-26(29)5-7-36(8-6-26)25(38)20-12-19(20)16-9-17-10-18(39-24(17)21(11-16)27(30,31)32)14-35-23(37)4-2-15-1-3-22(33)34-13-15/h1,3,9-11,13,19-20H,2,4-8,12,14H2,(H2,33,34)(H,35,37). The monoisotopic (exact) mass is 550 g/mol. The Balaban J connectivity index is 1.26. The Labute approximate surface area is 220 Å². The van der Waals surface area contributed by atoms with E-state index in [1.54, 1.807) is 24.4 Å². The highest BCUT2D eigenvalue weighted by atomic mass is 19.4. The third-order valence-corrected chi connectivity index (χ3v) is 7.29. The van der Waals surface area contributed by atoms with Gasteiger partial charge >= 0.3 is 6.18 Å².